The number of aryl methyl sites for hydroxylation is 2. The summed E-state index contributed by atoms with van der Waals surface area (Å²) in [5.41, 5.74) is 0.373. The van der Waals surface area contributed by atoms with Crippen LogP contribution in [0.5, 0.6) is 0 Å². The highest BCUT2D eigenvalue weighted by Crippen LogP contribution is 2.29. The second-order valence-electron chi connectivity index (χ2n) is 5.49. The zero-order chi connectivity index (χ0) is 14.8. The molecule has 1 heterocycles. The molecule has 2 unspecified atom stereocenters. The van der Waals surface area contributed by atoms with E-state index in [0.29, 0.717) is 18.0 Å². The summed E-state index contributed by atoms with van der Waals surface area (Å²) in [4.78, 5) is 0.133. The van der Waals surface area contributed by atoms with Gasteiger partial charge in [-0.2, -0.15) is 0 Å². The summed E-state index contributed by atoms with van der Waals surface area (Å²) in [5.74, 6) is 0.692. The van der Waals surface area contributed by atoms with Gasteiger partial charge in [0, 0.05) is 13.2 Å². The Hall–Kier alpha value is -0.920. The van der Waals surface area contributed by atoms with Crippen molar-refractivity contribution in [1.82, 2.24) is 9.88 Å². The first-order valence-electron chi connectivity index (χ1n) is 6.99. The molecule has 0 saturated heterocycles. The van der Waals surface area contributed by atoms with E-state index in [9.17, 15) is 13.5 Å². The van der Waals surface area contributed by atoms with Gasteiger partial charge in [0.15, 0.2) is 5.76 Å². The van der Waals surface area contributed by atoms with Crippen molar-refractivity contribution in [3.8, 4) is 0 Å². The average Bonchev–Trinajstić information content (AvgIpc) is 2.77. The van der Waals surface area contributed by atoms with Crippen LogP contribution in [0, 0.1) is 25.7 Å². The molecule has 1 saturated carbocycles. The topological polar surface area (TPSA) is 92.4 Å². The number of hydrogen-bond acceptors (Lipinski definition) is 5. The Morgan fingerprint density at radius 1 is 1.30 bits per heavy atom. The van der Waals surface area contributed by atoms with Gasteiger partial charge in [0.1, 0.15) is 10.6 Å². The number of hydrogen-bond donors (Lipinski definition) is 2. The van der Waals surface area contributed by atoms with Gasteiger partial charge in [0.05, 0.1) is 0 Å². The predicted molar refractivity (Wildman–Crippen MR) is 73.7 cm³/mol. The molecule has 1 aliphatic carbocycles. The minimum absolute atomic E-state index is 0.123. The lowest BCUT2D eigenvalue weighted by atomic mass is 9.80. The molecule has 6 nitrogen and oxygen atoms in total. The summed E-state index contributed by atoms with van der Waals surface area (Å²) in [6.07, 6.45) is 4.12. The number of rotatable bonds is 5. The SMILES string of the molecule is Cc1noc(C)c1S(=O)(=O)NCC1CCCCC1CO. The van der Waals surface area contributed by atoms with Crippen molar-refractivity contribution in [2.24, 2.45) is 11.8 Å². The Labute approximate surface area is 119 Å². The highest BCUT2D eigenvalue weighted by Gasteiger charge is 2.28. The molecule has 1 aromatic rings. The molecule has 0 radical (unpaired) electrons. The highest BCUT2D eigenvalue weighted by atomic mass is 32.2. The molecule has 0 spiro atoms. The first kappa shape index (κ1) is 15.5. The summed E-state index contributed by atoms with van der Waals surface area (Å²) in [6, 6.07) is 0. The second kappa shape index (κ2) is 6.24. The van der Waals surface area contributed by atoms with E-state index in [1.165, 1.54) is 0 Å². The van der Waals surface area contributed by atoms with Gasteiger partial charge in [0.25, 0.3) is 0 Å². The van der Waals surface area contributed by atoms with Crippen LogP contribution in [0.4, 0.5) is 0 Å². The number of aliphatic hydroxyl groups excluding tert-OH is 1. The number of sulfonamides is 1. The minimum atomic E-state index is -3.60. The fourth-order valence-electron chi connectivity index (χ4n) is 2.94. The normalized spacial score (nSPS) is 23.9. The maximum Gasteiger partial charge on any atom is 0.245 e. The average molecular weight is 302 g/mol. The third kappa shape index (κ3) is 3.21. The van der Waals surface area contributed by atoms with Gasteiger partial charge in [0.2, 0.25) is 10.0 Å². The summed E-state index contributed by atoms with van der Waals surface area (Å²) < 4.78 is 32.1. The smallest absolute Gasteiger partial charge is 0.245 e. The van der Waals surface area contributed by atoms with Crippen LogP contribution < -0.4 is 4.72 Å². The quantitative estimate of drug-likeness (QED) is 0.857. The monoisotopic (exact) mass is 302 g/mol. The fraction of sp³-hybridized carbons (Fsp3) is 0.769. The molecule has 1 aliphatic rings. The van der Waals surface area contributed by atoms with E-state index in [1.807, 2.05) is 0 Å². The third-order valence-electron chi connectivity index (χ3n) is 4.07. The lowest BCUT2D eigenvalue weighted by molar-refractivity contribution is 0.136. The summed E-state index contributed by atoms with van der Waals surface area (Å²) in [5, 5.41) is 13.0. The Bertz CT molecular complexity index is 533. The van der Waals surface area contributed by atoms with Crippen molar-refractivity contribution in [3.63, 3.8) is 0 Å². The molecule has 0 aromatic carbocycles. The zero-order valence-corrected chi connectivity index (χ0v) is 12.7. The molecule has 2 rings (SSSR count). The van der Waals surface area contributed by atoms with E-state index in [4.69, 9.17) is 4.52 Å². The molecule has 2 N–H and O–H groups in total. The Kier molecular flexibility index (Phi) is 4.82. The van der Waals surface area contributed by atoms with E-state index < -0.39 is 10.0 Å². The van der Waals surface area contributed by atoms with Crippen molar-refractivity contribution >= 4 is 10.0 Å². The van der Waals surface area contributed by atoms with Crippen LogP contribution in [0.15, 0.2) is 9.42 Å². The number of nitrogens with zero attached hydrogens (tertiary/aromatic N) is 1. The van der Waals surface area contributed by atoms with E-state index in [0.717, 1.165) is 25.7 Å². The van der Waals surface area contributed by atoms with Crippen LogP contribution in [-0.4, -0.2) is 31.8 Å². The first-order valence-corrected chi connectivity index (χ1v) is 8.47. The standard InChI is InChI=1S/C13H22N2O4S/c1-9-13(10(2)19-15-9)20(17,18)14-7-11-5-3-4-6-12(11)8-16/h11-12,14,16H,3-8H2,1-2H3. The molecular weight excluding hydrogens is 280 g/mol. The van der Waals surface area contributed by atoms with Crippen molar-refractivity contribution in [2.45, 2.75) is 44.4 Å². The molecule has 2 atom stereocenters. The summed E-state index contributed by atoms with van der Waals surface area (Å²) in [6.45, 7) is 3.68. The minimum Gasteiger partial charge on any atom is -0.396 e. The summed E-state index contributed by atoms with van der Waals surface area (Å²) >= 11 is 0. The Morgan fingerprint density at radius 3 is 2.50 bits per heavy atom. The van der Waals surface area contributed by atoms with E-state index in [2.05, 4.69) is 9.88 Å². The van der Waals surface area contributed by atoms with Crippen molar-refractivity contribution in [1.29, 1.82) is 0 Å². The van der Waals surface area contributed by atoms with Gasteiger partial charge in [-0.1, -0.05) is 18.0 Å². The molecule has 0 amide bonds. The highest BCUT2D eigenvalue weighted by molar-refractivity contribution is 7.89. The van der Waals surface area contributed by atoms with Crippen molar-refractivity contribution in [2.75, 3.05) is 13.2 Å². The van der Waals surface area contributed by atoms with Crippen LogP contribution in [0.25, 0.3) is 0 Å². The summed E-state index contributed by atoms with van der Waals surface area (Å²) in [7, 11) is -3.60. The van der Waals surface area contributed by atoms with Gasteiger partial charge in [-0.05, 0) is 38.5 Å². The lowest BCUT2D eigenvalue weighted by Crippen LogP contribution is -2.35. The molecule has 20 heavy (non-hydrogen) atoms. The molecule has 0 bridgehead atoms. The van der Waals surface area contributed by atoms with Gasteiger partial charge in [-0.15, -0.1) is 0 Å². The van der Waals surface area contributed by atoms with E-state index in [-0.39, 0.29) is 23.3 Å². The molecule has 0 aliphatic heterocycles. The van der Waals surface area contributed by atoms with Gasteiger partial charge >= 0.3 is 0 Å². The fourth-order valence-corrected chi connectivity index (χ4v) is 4.36. The van der Waals surface area contributed by atoms with Crippen LogP contribution in [-0.2, 0) is 10.0 Å². The van der Waals surface area contributed by atoms with E-state index >= 15 is 0 Å². The van der Waals surface area contributed by atoms with E-state index in [1.54, 1.807) is 13.8 Å². The molecular formula is C13H22N2O4S. The van der Waals surface area contributed by atoms with Gasteiger partial charge in [-0.25, -0.2) is 13.1 Å². The second-order valence-corrected chi connectivity index (χ2v) is 7.20. The first-order chi connectivity index (χ1) is 9.45. The number of aromatic nitrogens is 1. The lowest BCUT2D eigenvalue weighted by Gasteiger charge is -2.30. The van der Waals surface area contributed by atoms with Gasteiger partial charge < -0.3 is 9.63 Å². The van der Waals surface area contributed by atoms with Crippen LogP contribution in [0.1, 0.15) is 37.1 Å². The zero-order valence-electron chi connectivity index (χ0n) is 11.9. The third-order valence-corrected chi connectivity index (χ3v) is 5.74. The molecule has 114 valence electrons. The maximum atomic E-state index is 12.3. The Morgan fingerprint density at radius 2 is 1.95 bits per heavy atom. The predicted octanol–water partition coefficient (Wildman–Crippen LogP) is 1.37. The number of nitrogens with one attached hydrogen (secondary N) is 1. The van der Waals surface area contributed by atoms with Crippen LogP contribution in [0.3, 0.4) is 0 Å². The Balaban J connectivity index is 2.06. The van der Waals surface area contributed by atoms with Crippen LogP contribution >= 0.6 is 0 Å². The van der Waals surface area contributed by atoms with Crippen molar-refractivity contribution < 1.29 is 18.0 Å². The van der Waals surface area contributed by atoms with Crippen LogP contribution in [0.2, 0.25) is 0 Å². The largest absolute Gasteiger partial charge is 0.396 e. The maximum absolute atomic E-state index is 12.3. The molecule has 7 heteroatoms. The van der Waals surface area contributed by atoms with Gasteiger partial charge in [-0.3, -0.25) is 0 Å². The molecule has 1 fully saturated rings. The van der Waals surface area contributed by atoms with Crippen molar-refractivity contribution in [3.05, 3.63) is 11.5 Å². The number of aliphatic hydroxyl groups is 1. The molecule has 1 aromatic heterocycles.